The first-order chi connectivity index (χ1) is 16.5. The van der Waals surface area contributed by atoms with Crippen LogP contribution < -0.4 is 16.0 Å². The number of aromatic nitrogens is 2. The molecule has 1 aliphatic heterocycles. The third kappa shape index (κ3) is 7.04. The van der Waals surface area contributed by atoms with Crippen LogP contribution in [0.5, 0.6) is 0 Å². The van der Waals surface area contributed by atoms with E-state index in [1.807, 2.05) is 38.1 Å². The summed E-state index contributed by atoms with van der Waals surface area (Å²) >= 11 is 6.52. The molecule has 2 aromatic heterocycles. The number of aliphatic hydroxyl groups excluding tert-OH is 1. The zero-order valence-electron chi connectivity index (χ0n) is 20.3. The lowest BCUT2D eigenvalue weighted by Gasteiger charge is -2.32. The van der Waals surface area contributed by atoms with E-state index >= 15 is 0 Å². The van der Waals surface area contributed by atoms with Crippen molar-refractivity contribution >= 4 is 23.2 Å². The SMILES string of the molecule is CC(O)C(C)NC1CCC(Nc2cc(-c3cccc(NCC4CCOCC4)n3)c(Cl)cn2)CC1. The van der Waals surface area contributed by atoms with Crippen molar-refractivity contribution in [2.45, 2.75) is 76.6 Å². The molecule has 1 aliphatic carbocycles. The van der Waals surface area contributed by atoms with E-state index in [0.717, 1.165) is 81.2 Å². The molecular formula is C26H38ClN5O2. The number of rotatable bonds is 9. The Labute approximate surface area is 208 Å². The zero-order valence-corrected chi connectivity index (χ0v) is 21.0. The third-order valence-corrected chi connectivity index (χ3v) is 7.40. The van der Waals surface area contributed by atoms with Crippen LogP contribution in [0.25, 0.3) is 11.3 Å². The van der Waals surface area contributed by atoms with Crippen LogP contribution in [0.3, 0.4) is 0 Å². The van der Waals surface area contributed by atoms with Crippen LogP contribution in [0.15, 0.2) is 30.5 Å². The Morgan fingerprint density at radius 3 is 2.53 bits per heavy atom. The van der Waals surface area contributed by atoms with Gasteiger partial charge in [0.05, 0.1) is 16.8 Å². The summed E-state index contributed by atoms with van der Waals surface area (Å²) < 4.78 is 5.45. The number of hydrogen-bond acceptors (Lipinski definition) is 7. The van der Waals surface area contributed by atoms with E-state index < -0.39 is 0 Å². The topological polar surface area (TPSA) is 91.3 Å². The van der Waals surface area contributed by atoms with Crippen LogP contribution in [-0.4, -0.2) is 59.1 Å². The molecule has 1 saturated carbocycles. The van der Waals surface area contributed by atoms with Gasteiger partial charge in [0.2, 0.25) is 0 Å². The summed E-state index contributed by atoms with van der Waals surface area (Å²) in [5, 5.41) is 21.0. The van der Waals surface area contributed by atoms with Gasteiger partial charge in [0, 0.05) is 49.6 Å². The normalized spacial score (nSPS) is 23.3. The van der Waals surface area contributed by atoms with Crippen LogP contribution in [0.2, 0.25) is 5.02 Å². The molecule has 4 rings (SSSR count). The molecule has 0 aromatic carbocycles. The minimum absolute atomic E-state index is 0.115. The van der Waals surface area contributed by atoms with Crippen molar-refractivity contribution < 1.29 is 9.84 Å². The zero-order chi connectivity index (χ0) is 23.9. The van der Waals surface area contributed by atoms with Gasteiger partial charge in [0.1, 0.15) is 11.6 Å². The summed E-state index contributed by atoms with van der Waals surface area (Å²) in [6.07, 6.45) is 7.85. The predicted molar refractivity (Wildman–Crippen MR) is 138 cm³/mol. The predicted octanol–water partition coefficient (Wildman–Crippen LogP) is 4.72. The van der Waals surface area contributed by atoms with Crippen molar-refractivity contribution in [3.05, 3.63) is 35.5 Å². The van der Waals surface area contributed by atoms with Crippen molar-refractivity contribution in [1.29, 1.82) is 0 Å². The van der Waals surface area contributed by atoms with Crippen molar-refractivity contribution in [3.8, 4) is 11.3 Å². The van der Waals surface area contributed by atoms with E-state index in [9.17, 15) is 5.11 Å². The fraction of sp³-hybridized carbons (Fsp3) is 0.615. The first-order valence-electron chi connectivity index (χ1n) is 12.6. The van der Waals surface area contributed by atoms with Gasteiger partial charge in [-0.15, -0.1) is 0 Å². The van der Waals surface area contributed by atoms with Crippen LogP contribution in [-0.2, 0) is 4.74 Å². The van der Waals surface area contributed by atoms with Gasteiger partial charge < -0.3 is 25.8 Å². The largest absolute Gasteiger partial charge is 0.392 e. The molecule has 0 spiro atoms. The Morgan fingerprint density at radius 1 is 1.06 bits per heavy atom. The van der Waals surface area contributed by atoms with Crippen LogP contribution in [0, 0.1) is 5.92 Å². The highest BCUT2D eigenvalue weighted by molar-refractivity contribution is 6.33. The fourth-order valence-corrected chi connectivity index (χ4v) is 4.92. The van der Waals surface area contributed by atoms with Crippen molar-refractivity contribution in [1.82, 2.24) is 15.3 Å². The summed E-state index contributed by atoms with van der Waals surface area (Å²) in [5.74, 6) is 2.32. The lowest BCUT2D eigenvalue weighted by molar-refractivity contribution is 0.0699. The van der Waals surface area contributed by atoms with Gasteiger partial charge in [-0.2, -0.15) is 0 Å². The van der Waals surface area contributed by atoms with Crippen LogP contribution >= 0.6 is 11.6 Å². The number of hydrogen-bond donors (Lipinski definition) is 4. The molecule has 0 bridgehead atoms. The number of nitrogens with zero attached hydrogens (tertiary/aromatic N) is 2. The van der Waals surface area contributed by atoms with E-state index in [2.05, 4.69) is 20.9 Å². The molecule has 8 heteroatoms. The number of ether oxygens (including phenoxy) is 1. The summed E-state index contributed by atoms with van der Waals surface area (Å²) in [5.41, 5.74) is 1.72. The number of anilines is 2. The van der Waals surface area contributed by atoms with E-state index in [0.29, 0.717) is 23.0 Å². The number of halogens is 1. The second-order valence-electron chi connectivity index (χ2n) is 9.78. The quantitative estimate of drug-likeness (QED) is 0.407. The van der Waals surface area contributed by atoms with Gasteiger partial charge >= 0.3 is 0 Å². The molecule has 4 N–H and O–H groups in total. The standard InChI is InChI=1S/C26H38ClN5O2/c1-17(18(2)33)30-20-6-8-21(9-7-20)31-26-14-22(23(27)16-29-26)24-4-3-5-25(32-24)28-15-19-10-12-34-13-11-19/h3-5,14,16-21,30,33H,6-13,15H2,1-2H3,(H,28,32)(H,29,31). The Morgan fingerprint density at radius 2 is 1.79 bits per heavy atom. The number of pyridine rings is 2. The minimum Gasteiger partial charge on any atom is -0.392 e. The van der Waals surface area contributed by atoms with Crippen molar-refractivity contribution in [2.75, 3.05) is 30.4 Å². The Hall–Kier alpha value is -1.93. The summed E-state index contributed by atoms with van der Waals surface area (Å²) in [6, 6.07) is 8.96. The third-order valence-electron chi connectivity index (χ3n) is 7.09. The fourth-order valence-electron chi connectivity index (χ4n) is 4.72. The van der Waals surface area contributed by atoms with Gasteiger partial charge in [0.15, 0.2) is 0 Å². The molecule has 3 heterocycles. The summed E-state index contributed by atoms with van der Waals surface area (Å²) in [7, 11) is 0. The van der Waals surface area contributed by atoms with Crippen molar-refractivity contribution in [3.63, 3.8) is 0 Å². The van der Waals surface area contributed by atoms with Gasteiger partial charge in [-0.1, -0.05) is 17.7 Å². The molecule has 2 aliphatic rings. The van der Waals surface area contributed by atoms with Gasteiger partial charge in [0.25, 0.3) is 0 Å². The van der Waals surface area contributed by atoms with E-state index in [4.69, 9.17) is 21.3 Å². The lowest BCUT2D eigenvalue weighted by atomic mass is 9.90. The van der Waals surface area contributed by atoms with E-state index in [-0.39, 0.29) is 12.1 Å². The Bertz CT molecular complexity index is 914. The van der Waals surface area contributed by atoms with Gasteiger partial charge in [-0.05, 0) is 76.5 Å². The van der Waals surface area contributed by atoms with E-state index in [1.54, 1.807) is 6.20 Å². The Balaban J connectivity index is 1.35. The van der Waals surface area contributed by atoms with Gasteiger partial charge in [-0.25, -0.2) is 9.97 Å². The average Bonchev–Trinajstić information content (AvgIpc) is 2.86. The van der Waals surface area contributed by atoms with Crippen molar-refractivity contribution in [2.24, 2.45) is 5.92 Å². The highest BCUT2D eigenvalue weighted by atomic mass is 35.5. The number of nitrogens with one attached hydrogen (secondary N) is 3. The number of aliphatic hydroxyl groups is 1. The smallest absolute Gasteiger partial charge is 0.126 e. The molecule has 7 nitrogen and oxygen atoms in total. The maximum atomic E-state index is 9.74. The minimum atomic E-state index is -0.336. The first kappa shape index (κ1) is 25.2. The molecular weight excluding hydrogens is 450 g/mol. The first-order valence-corrected chi connectivity index (χ1v) is 13.0. The Kier molecular flexibility index (Phi) is 9.00. The van der Waals surface area contributed by atoms with E-state index in [1.165, 1.54) is 0 Å². The highest BCUT2D eigenvalue weighted by Gasteiger charge is 2.23. The molecule has 2 aromatic rings. The summed E-state index contributed by atoms with van der Waals surface area (Å²) in [4.78, 5) is 9.34. The molecule has 186 valence electrons. The second-order valence-corrected chi connectivity index (χ2v) is 10.2. The highest BCUT2D eigenvalue weighted by Crippen LogP contribution is 2.30. The maximum absolute atomic E-state index is 9.74. The molecule has 0 radical (unpaired) electrons. The molecule has 1 saturated heterocycles. The monoisotopic (exact) mass is 487 g/mol. The van der Waals surface area contributed by atoms with Crippen LogP contribution in [0.4, 0.5) is 11.6 Å². The molecule has 2 fully saturated rings. The molecule has 2 unspecified atom stereocenters. The molecule has 2 atom stereocenters. The molecule has 0 amide bonds. The maximum Gasteiger partial charge on any atom is 0.126 e. The average molecular weight is 488 g/mol. The molecule has 34 heavy (non-hydrogen) atoms. The summed E-state index contributed by atoms with van der Waals surface area (Å²) in [6.45, 7) is 6.48. The second kappa shape index (κ2) is 12.2. The van der Waals surface area contributed by atoms with Crippen LogP contribution in [0.1, 0.15) is 52.4 Å². The van der Waals surface area contributed by atoms with Gasteiger partial charge in [-0.3, -0.25) is 0 Å². The lowest BCUT2D eigenvalue weighted by Crippen LogP contribution is -2.45.